The first-order valence-corrected chi connectivity index (χ1v) is 9.46. The van der Waals surface area contributed by atoms with Gasteiger partial charge in [0.25, 0.3) is 0 Å². The van der Waals surface area contributed by atoms with Crippen molar-refractivity contribution in [3.63, 3.8) is 0 Å². The quantitative estimate of drug-likeness (QED) is 0.810. The SMILES string of the molecule is COc1ccc2c3c1O[C@H]1[C@H]4O[C@](C)(OC)[C@@](C)(OC)O[C@@H]4C[C@H](C=C2)[C@@H]31. The Morgan fingerprint density at radius 3 is 2.44 bits per heavy atom. The van der Waals surface area contributed by atoms with E-state index in [1.807, 2.05) is 19.9 Å². The molecule has 0 bridgehead atoms. The summed E-state index contributed by atoms with van der Waals surface area (Å²) in [6.07, 6.45) is 4.76. The molecule has 0 N–H and O–H groups in total. The third kappa shape index (κ3) is 2.15. The van der Waals surface area contributed by atoms with E-state index in [0.29, 0.717) is 5.92 Å². The fourth-order valence-corrected chi connectivity index (χ4v) is 5.14. The molecule has 1 saturated heterocycles. The molecule has 4 aliphatic rings. The molecule has 0 aromatic heterocycles. The van der Waals surface area contributed by atoms with E-state index in [1.165, 1.54) is 11.1 Å². The van der Waals surface area contributed by atoms with Gasteiger partial charge in [0.05, 0.1) is 13.2 Å². The van der Waals surface area contributed by atoms with Crippen molar-refractivity contribution in [3.8, 4) is 11.5 Å². The molecule has 2 aliphatic heterocycles. The van der Waals surface area contributed by atoms with Crippen LogP contribution in [0.2, 0.25) is 0 Å². The van der Waals surface area contributed by atoms with Gasteiger partial charge in [0.15, 0.2) is 11.5 Å². The number of allylic oxidation sites excluding steroid dienone is 1. The number of hydrogen-bond donors (Lipinski definition) is 0. The number of fused-ring (bicyclic) bond motifs is 2. The van der Waals surface area contributed by atoms with Gasteiger partial charge in [-0.25, -0.2) is 0 Å². The van der Waals surface area contributed by atoms with Gasteiger partial charge in [-0.3, -0.25) is 0 Å². The number of ether oxygens (including phenoxy) is 6. The molecule has 1 aromatic carbocycles. The summed E-state index contributed by atoms with van der Waals surface area (Å²) >= 11 is 0. The van der Waals surface area contributed by atoms with Gasteiger partial charge in [0.1, 0.15) is 12.2 Å². The molecule has 1 aromatic rings. The Kier molecular flexibility index (Phi) is 3.70. The standard InChI is InChI=1S/C21H26O6/c1-20(23-4)21(2,24-5)27-18-14(26-20)10-12-7-6-11-8-9-13(22-3)17-15(11)16(12)19(18)25-17/h6-9,12,14,16,18-19H,10H2,1-5H3/t12-,14+,16-,18-,19+,20-,21-/m0/s1. The summed E-state index contributed by atoms with van der Waals surface area (Å²) in [5.41, 5.74) is 2.43. The summed E-state index contributed by atoms with van der Waals surface area (Å²) in [7, 11) is 4.90. The van der Waals surface area contributed by atoms with Crippen LogP contribution in [0, 0.1) is 5.92 Å². The zero-order valence-electron chi connectivity index (χ0n) is 16.4. The Balaban J connectivity index is 1.58. The van der Waals surface area contributed by atoms with Gasteiger partial charge < -0.3 is 28.4 Å². The number of benzene rings is 1. The maximum absolute atomic E-state index is 6.50. The minimum absolute atomic E-state index is 0.143. The Hall–Kier alpha value is -1.60. The molecule has 6 nitrogen and oxygen atoms in total. The molecule has 0 unspecified atom stereocenters. The molecule has 7 atom stereocenters. The summed E-state index contributed by atoms with van der Waals surface area (Å²) in [5, 5.41) is 0. The molecule has 0 radical (unpaired) electrons. The van der Waals surface area contributed by atoms with E-state index in [9.17, 15) is 0 Å². The Morgan fingerprint density at radius 2 is 1.74 bits per heavy atom. The van der Waals surface area contributed by atoms with Crippen LogP contribution in [-0.2, 0) is 18.9 Å². The van der Waals surface area contributed by atoms with Crippen molar-refractivity contribution in [2.24, 2.45) is 5.92 Å². The van der Waals surface area contributed by atoms with Crippen molar-refractivity contribution in [3.05, 3.63) is 29.3 Å². The molecule has 0 amide bonds. The van der Waals surface area contributed by atoms with E-state index >= 15 is 0 Å². The molecule has 1 saturated carbocycles. The molecule has 5 rings (SSSR count). The lowest BCUT2D eigenvalue weighted by atomic mass is 9.68. The highest BCUT2D eigenvalue weighted by atomic mass is 16.8. The van der Waals surface area contributed by atoms with E-state index in [1.54, 1.807) is 21.3 Å². The maximum Gasteiger partial charge on any atom is 0.220 e. The summed E-state index contributed by atoms with van der Waals surface area (Å²) < 4.78 is 36.3. The van der Waals surface area contributed by atoms with Crippen LogP contribution in [0.5, 0.6) is 11.5 Å². The van der Waals surface area contributed by atoms with Crippen LogP contribution in [-0.4, -0.2) is 51.2 Å². The monoisotopic (exact) mass is 374 g/mol. The number of methoxy groups -OCH3 is 3. The molecule has 6 heteroatoms. The highest BCUT2D eigenvalue weighted by Crippen LogP contribution is 2.58. The van der Waals surface area contributed by atoms with Crippen molar-refractivity contribution >= 4 is 6.08 Å². The fourth-order valence-electron chi connectivity index (χ4n) is 5.14. The Labute approximate surface area is 159 Å². The zero-order chi connectivity index (χ0) is 19.0. The second-order valence-electron chi connectivity index (χ2n) is 8.01. The van der Waals surface area contributed by atoms with Gasteiger partial charge in [-0.15, -0.1) is 0 Å². The largest absolute Gasteiger partial charge is 0.493 e. The first-order chi connectivity index (χ1) is 12.9. The predicted octanol–water partition coefficient (Wildman–Crippen LogP) is 3.10. The van der Waals surface area contributed by atoms with Crippen LogP contribution in [0.25, 0.3) is 6.08 Å². The lowest BCUT2D eigenvalue weighted by Gasteiger charge is -2.56. The minimum Gasteiger partial charge on any atom is -0.493 e. The van der Waals surface area contributed by atoms with E-state index in [0.717, 1.165) is 17.9 Å². The van der Waals surface area contributed by atoms with Crippen LogP contribution in [0.4, 0.5) is 0 Å². The van der Waals surface area contributed by atoms with E-state index in [4.69, 9.17) is 28.4 Å². The van der Waals surface area contributed by atoms with Gasteiger partial charge in [-0.2, -0.15) is 0 Å². The van der Waals surface area contributed by atoms with E-state index in [2.05, 4.69) is 18.2 Å². The Morgan fingerprint density at radius 1 is 1.00 bits per heavy atom. The van der Waals surface area contributed by atoms with E-state index < -0.39 is 11.6 Å². The van der Waals surface area contributed by atoms with Crippen molar-refractivity contribution in [2.75, 3.05) is 21.3 Å². The highest BCUT2D eigenvalue weighted by molar-refractivity contribution is 5.68. The Bertz CT molecular complexity index is 806. The molecule has 0 spiro atoms. The first kappa shape index (κ1) is 17.5. The van der Waals surface area contributed by atoms with Crippen LogP contribution in [0.15, 0.2) is 18.2 Å². The van der Waals surface area contributed by atoms with Gasteiger partial charge in [-0.1, -0.05) is 18.2 Å². The van der Waals surface area contributed by atoms with Crippen molar-refractivity contribution < 1.29 is 28.4 Å². The average Bonchev–Trinajstić information content (AvgIpc) is 3.09. The van der Waals surface area contributed by atoms with Gasteiger partial charge in [0.2, 0.25) is 11.6 Å². The third-order valence-electron chi connectivity index (χ3n) is 6.87. The summed E-state index contributed by atoms with van der Waals surface area (Å²) in [5.74, 6) is 0.125. The minimum atomic E-state index is -1.04. The van der Waals surface area contributed by atoms with Gasteiger partial charge in [-0.05, 0) is 37.8 Å². The second kappa shape index (κ2) is 5.70. The molecular weight excluding hydrogens is 348 g/mol. The molecule has 2 heterocycles. The molecule has 2 fully saturated rings. The number of rotatable bonds is 3. The fraction of sp³-hybridized carbons (Fsp3) is 0.619. The summed E-state index contributed by atoms with van der Waals surface area (Å²) in [6, 6.07) is 4.06. The van der Waals surface area contributed by atoms with Crippen LogP contribution in [0.1, 0.15) is 37.3 Å². The highest BCUT2D eigenvalue weighted by Gasteiger charge is 2.63. The van der Waals surface area contributed by atoms with E-state index in [-0.39, 0.29) is 24.2 Å². The topological polar surface area (TPSA) is 55.4 Å². The lowest BCUT2D eigenvalue weighted by molar-refractivity contribution is -0.457. The van der Waals surface area contributed by atoms with Gasteiger partial charge in [0, 0.05) is 25.7 Å². The normalized spacial score (nSPS) is 43.7. The summed E-state index contributed by atoms with van der Waals surface area (Å²) in [6.45, 7) is 3.72. The van der Waals surface area contributed by atoms with Crippen molar-refractivity contribution in [1.82, 2.24) is 0 Å². The van der Waals surface area contributed by atoms with Crippen LogP contribution in [0.3, 0.4) is 0 Å². The molecular formula is C21H26O6. The molecule has 2 aliphatic carbocycles. The average molecular weight is 374 g/mol. The maximum atomic E-state index is 6.50. The molecule has 27 heavy (non-hydrogen) atoms. The van der Waals surface area contributed by atoms with Crippen molar-refractivity contribution in [1.29, 1.82) is 0 Å². The first-order valence-electron chi connectivity index (χ1n) is 9.46. The lowest BCUT2D eigenvalue weighted by Crippen LogP contribution is -2.69. The second-order valence-corrected chi connectivity index (χ2v) is 8.01. The third-order valence-corrected chi connectivity index (χ3v) is 6.87. The predicted molar refractivity (Wildman–Crippen MR) is 97.9 cm³/mol. The summed E-state index contributed by atoms with van der Waals surface area (Å²) in [4.78, 5) is 0. The van der Waals surface area contributed by atoms with Gasteiger partial charge >= 0.3 is 0 Å². The van der Waals surface area contributed by atoms with Crippen LogP contribution >= 0.6 is 0 Å². The smallest absolute Gasteiger partial charge is 0.220 e. The zero-order valence-corrected chi connectivity index (χ0v) is 16.4. The van der Waals surface area contributed by atoms with Crippen LogP contribution < -0.4 is 9.47 Å². The number of hydrogen-bond acceptors (Lipinski definition) is 6. The molecule has 146 valence electrons. The van der Waals surface area contributed by atoms with Crippen molar-refractivity contribution in [2.45, 2.75) is 56.1 Å².